The molecule has 2 amide bonds. The van der Waals surface area contributed by atoms with Crippen molar-refractivity contribution in [2.75, 3.05) is 24.5 Å². The molecule has 3 heterocycles. The van der Waals surface area contributed by atoms with Gasteiger partial charge in [-0.3, -0.25) is 19.0 Å². The number of pyridine rings is 1. The number of carbonyl (C=O) groups excluding carboxylic acids is 3. The molecule has 0 bridgehead atoms. The molecule has 228 valence electrons. The highest BCUT2D eigenvalue weighted by atomic mass is 16.4. The van der Waals surface area contributed by atoms with Crippen molar-refractivity contribution in [2.45, 2.75) is 57.0 Å². The van der Waals surface area contributed by atoms with Crippen molar-refractivity contribution in [3.05, 3.63) is 59.9 Å². The summed E-state index contributed by atoms with van der Waals surface area (Å²) in [5.74, 6) is -3.78. The third-order valence-corrected chi connectivity index (χ3v) is 7.45. The molecule has 3 aromatic rings. The quantitative estimate of drug-likeness (QED) is 0.173. The van der Waals surface area contributed by atoms with Gasteiger partial charge in [-0.1, -0.05) is 18.2 Å². The topological polar surface area (TPSA) is 197 Å². The second kappa shape index (κ2) is 14.4. The van der Waals surface area contributed by atoms with Gasteiger partial charge in [0.05, 0.1) is 11.1 Å². The first kappa shape index (κ1) is 31.2. The number of nitrogens with two attached hydrogens (primary N) is 1. The molecule has 1 aliphatic heterocycles. The summed E-state index contributed by atoms with van der Waals surface area (Å²) in [4.78, 5) is 69.6. The van der Waals surface area contributed by atoms with E-state index in [0.717, 1.165) is 36.3 Å². The average Bonchev–Trinajstić information content (AvgIpc) is 3.67. The summed E-state index contributed by atoms with van der Waals surface area (Å²) in [7, 11) is 0. The number of aromatic nitrogens is 2. The summed E-state index contributed by atoms with van der Waals surface area (Å²) in [6.45, 7) is 2.19. The van der Waals surface area contributed by atoms with Gasteiger partial charge in [0.25, 0.3) is 5.91 Å². The summed E-state index contributed by atoms with van der Waals surface area (Å²) in [5, 5.41) is 25.1. The minimum absolute atomic E-state index is 0.219. The molecule has 13 heteroatoms. The van der Waals surface area contributed by atoms with Crippen LogP contribution in [0.2, 0.25) is 0 Å². The number of aliphatic carboxylic acids is 1. The van der Waals surface area contributed by atoms with E-state index in [-0.39, 0.29) is 30.5 Å². The molecule has 0 unspecified atom stereocenters. The normalized spacial score (nSPS) is 14.3. The van der Waals surface area contributed by atoms with E-state index in [2.05, 4.69) is 20.5 Å². The smallest absolute Gasteiger partial charge is 0.352 e. The van der Waals surface area contributed by atoms with Crippen LogP contribution in [0.5, 0.6) is 0 Å². The van der Waals surface area contributed by atoms with E-state index in [0.29, 0.717) is 30.3 Å². The fraction of sp³-hybridized carbons (Fsp3) is 0.400. The molecule has 0 aliphatic carbocycles. The second-order valence-corrected chi connectivity index (χ2v) is 10.5. The number of para-hydroxylation sites is 1. The van der Waals surface area contributed by atoms with Gasteiger partial charge in [0, 0.05) is 31.1 Å². The first-order valence-corrected chi connectivity index (χ1v) is 14.3. The lowest BCUT2D eigenvalue weighted by molar-refractivity contribution is -0.142. The number of carbonyl (C=O) groups is 5. The monoisotopic (exact) mass is 592 g/mol. The Morgan fingerprint density at radius 1 is 0.930 bits per heavy atom. The predicted molar refractivity (Wildman–Crippen MR) is 158 cm³/mol. The molecule has 6 N–H and O–H groups in total. The fourth-order valence-corrected chi connectivity index (χ4v) is 5.15. The number of unbranched alkanes of at least 4 members (excludes halogenated alkanes) is 1. The van der Waals surface area contributed by atoms with Crippen LogP contribution in [0.3, 0.4) is 0 Å². The lowest BCUT2D eigenvalue weighted by Crippen LogP contribution is -2.51. The molecule has 43 heavy (non-hydrogen) atoms. The van der Waals surface area contributed by atoms with Crippen molar-refractivity contribution in [1.29, 1.82) is 0 Å². The Morgan fingerprint density at radius 3 is 2.33 bits per heavy atom. The van der Waals surface area contributed by atoms with Crippen LogP contribution in [0.25, 0.3) is 10.9 Å². The molecule has 1 aliphatic rings. The number of amides is 2. The van der Waals surface area contributed by atoms with Gasteiger partial charge in [0.2, 0.25) is 11.8 Å². The first-order valence-electron chi connectivity index (χ1n) is 14.3. The van der Waals surface area contributed by atoms with Crippen LogP contribution in [0.1, 0.15) is 70.6 Å². The number of hydrogen-bond donors (Lipinski definition) is 5. The fourth-order valence-electron chi connectivity index (χ4n) is 5.15. The van der Waals surface area contributed by atoms with Gasteiger partial charge < -0.3 is 31.5 Å². The maximum Gasteiger partial charge on any atom is 0.352 e. The number of carboxylic acid groups (broad SMARTS) is 2. The first-order chi connectivity index (χ1) is 20.7. The van der Waals surface area contributed by atoms with E-state index in [1.165, 1.54) is 12.3 Å². The summed E-state index contributed by atoms with van der Waals surface area (Å²) in [5.41, 5.74) is 5.99. The second-order valence-electron chi connectivity index (χ2n) is 10.5. The van der Waals surface area contributed by atoms with Crippen LogP contribution >= 0.6 is 0 Å². The minimum Gasteiger partial charge on any atom is -0.480 e. The lowest BCUT2D eigenvalue weighted by Gasteiger charge is -2.22. The van der Waals surface area contributed by atoms with Gasteiger partial charge >= 0.3 is 11.9 Å². The van der Waals surface area contributed by atoms with Gasteiger partial charge in [0.1, 0.15) is 23.6 Å². The summed E-state index contributed by atoms with van der Waals surface area (Å²) in [6, 6.07) is 8.89. The molecule has 0 saturated carbocycles. The number of nitrogens with zero attached hydrogens (tertiary/aromatic N) is 3. The Labute approximate surface area is 248 Å². The third kappa shape index (κ3) is 7.74. The van der Waals surface area contributed by atoms with Crippen molar-refractivity contribution >= 4 is 46.4 Å². The van der Waals surface area contributed by atoms with E-state index < -0.39 is 41.7 Å². The lowest BCUT2D eigenvalue weighted by atomic mass is 10.1. The van der Waals surface area contributed by atoms with E-state index in [9.17, 15) is 34.2 Å². The highest BCUT2D eigenvalue weighted by Crippen LogP contribution is 2.21. The molecule has 1 saturated heterocycles. The Hall–Kier alpha value is -4.78. The van der Waals surface area contributed by atoms with Crippen LogP contribution in [-0.4, -0.2) is 81.1 Å². The minimum atomic E-state index is -1.46. The SMILES string of the molecule is NCCCC[C@H](NC(=O)c1ccc(N2CCCC2)nc1)C(=O)N[C@H](CCC(=O)n1c(C(=O)O)cc2ccccc21)C(=O)O. The molecule has 0 radical (unpaired) electrons. The molecule has 13 nitrogen and oxygen atoms in total. The van der Waals surface area contributed by atoms with Gasteiger partial charge in [0.15, 0.2) is 0 Å². The standard InChI is InChI=1S/C30H36N6O7/c31-14-4-3-8-21(33-27(38)20-10-12-25(32-18-20)35-15-5-6-16-35)28(39)34-22(29(40)41)11-13-26(37)36-23-9-2-1-7-19(23)17-24(36)30(42)43/h1-2,7,9-10,12,17-18,21-22H,3-6,8,11,13-16,31H2,(H,33,38)(H,34,39)(H,40,41)(H,42,43)/t21-,22+/m0/s1. The number of nitrogens with one attached hydrogen (secondary N) is 2. The zero-order valence-corrected chi connectivity index (χ0v) is 23.7. The van der Waals surface area contributed by atoms with E-state index in [4.69, 9.17) is 5.73 Å². The van der Waals surface area contributed by atoms with Gasteiger partial charge in [-0.2, -0.15) is 0 Å². The maximum absolute atomic E-state index is 13.2. The van der Waals surface area contributed by atoms with Crippen molar-refractivity contribution in [3.63, 3.8) is 0 Å². The Morgan fingerprint density at radius 2 is 1.67 bits per heavy atom. The van der Waals surface area contributed by atoms with Crippen LogP contribution in [0, 0.1) is 0 Å². The molecule has 1 fully saturated rings. The third-order valence-electron chi connectivity index (χ3n) is 7.45. The van der Waals surface area contributed by atoms with Crippen molar-refractivity contribution in [3.8, 4) is 0 Å². The molecule has 0 spiro atoms. The van der Waals surface area contributed by atoms with Gasteiger partial charge in [-0.05, 0) is 69.3 Å². The van der Waals surface area contributed by atoms with Crippen molar-refractivity contribution in [2.24, 2.45) is 5.73 Å². The number of rotatable bonds is 14. The zero-order chi connectivity index (χ0) is 30.9. The van der Waals surface area contributed by atoms with E-state index in [1.807, 2.05) is 0 Å². The average molecular weight is 593 g/mol. The highest BCUT2D eigenvalue weighted by molar-refractivity contribution is 6.02. The number of carboxylic acids is 2. The molecule has 2 aromatic heterocycles. The van der Waals surface area contributed by atoms with Crippen molar-refractivity contribution < 1.29 is 34.2 Å². The largest absolute Gasteiger partial charge is 0.480 e. The van der Waals surface area contributed by atoms with Crippen LogP contribution in [-0.2, 0) is 9.59 Å². The summed E-state index contributed by atoms with van der Waals surface area (Å²) < 4.78 is 1.04. The Kier molecular flexibility index (Phi) is 10.4. The van der Waals surface area contributed by atoms with E-state index in [1.54, 1.807) is 36.4 Å². The summed E-state index contributed by atoms with van der Waals surface area (Å²) >= 11 is 0. The number of benzene rings is 1. The Bertz CT molecular complexity index is 1480. The Balaban J connectivity index is 1.43. The number of fused-ring (bicyclic) bond motifs is 1. The molecular weight excluding hydrogens is 556 g/mol. The predicted octanol–water partition coefficient (Wildman–Crippen LogP) is 2.25. The zero-order valence-electron chi connectivity index (χ0n) is 23.7. The highest BCUT2D eigenvalue weighted by Gasteiger charge is 2.28. The van der Waals surface area contributed by atoms with Crippen LogP contribution < -0.4 is 21.3 Å². The van der Waals surface area contributed by atoms with Crippen LogP contribution in [0.15, 0.2) is 48.7 Å². The van der Waals surface area contributed by atoms with Gasteiger partial charge in [-0.15, -0.1) is 0 Å². The van der Waals surface area contributed by atoms with Crippen molar-refractivity contribution in [1.82, 2.24) is 20.2 Å². The van der Waals surface area contributed by atoms with Gasteiger partial charge in [-0.25, -0.2) is 14.6 Å². The summed E-state index contributed by atoms with van der Waals surface area (Å²) in [6.07, 6.45) is 4.29. The number of aromatic carboxylic acids is 1. The molecule has 1 aromatic carbocycles. The molecule has 4 rings (SSSR count). The van der Waals surface area contributed by atoms with Crippen LogP contribution in [0.4, 0.5) is 5.82 Å². The maximum atomic E-state index is 13.2. The van der Waals surface area contributed by atoms with E-state index >= 15 is 0 Å². The molecule has 2 atom stereocenters. The number of anilines is 1. The number of hydrogen-bond acceptors (Lipinski definition) is 8. The molecular formula is C30H36N6O7.